The molecular weight excluding hydrogens is 298 g/mol. The molecule has 0 fully saturated rings. The number of rotatable bonds is 11. The molecule has 0 amide bonds. The van der Waals surface area contributed by atoms with Crippen LogP contribution in [0.2, 0.25) is 0 Å². The standard InChI is InChI=1S/C20H31N3O/c1-3-4-5-7-19-14-18(8-9-20(19)24)17(2)15-21-10-6-12-23-13-11-22-16-23/h8-9,11,13-14,16-17,21,24H,3-7,10,12,15H2,1-2H3. The molecule has 4 heteroatoms. The number of nitrogens with zero attached hydrogens (tertiary/aromatic N) is 2. The lowest BCUT2D eigenvalue weighted by molar-refractivity contribution is 0.465. The summed E-state index contributed by atoms with van der Waals surface area (Å²) >= 11 is 0. The Morgan fingerprint density at radius 2 is 2.12 bits per heavy atom. The maximum absolute atomic E-state index is 10.0. The van der Waals surface area contributed by atoms with Crippen molar-refractivity contribution in [2.45, 2.75) is 58.4 Å². The highest BCUT2D eigenvalue weighted by atomic mass is 16.3. The molecule has 0 bridgehead atoms. The second-order valence-electron chi connectivity index (χ2n) is 6.60. The van der Waals surface area contributed by atoms with E-state index in [1.807, 2.05) is 24.8 Å². The predicted octanol–water partition coefficient (Wildman–Crippen LogP) is 4.10. The van der Waals surface area contributed by atoms with Gasteiger partial charge in [0.2, 0.25) is 0 Å². The molecule has 0 aliphatic carbocycles. The number of unbranched alkanes of at least 4 members (excludes halogenated alkanes) is 2. The fraction of sp³-hybridized carbons (Fsp3) is 0.550. The molecule has 1 aromatic carbocycles. The number of hydrogen-bond acceptors (Lipinski definition) is 3. The molecule has 0 saturated carbocycles. The van der Waals surface area contributed by atoms with E-state index < -0.39 is 0 Å². The zero-order valence-corrected chi connectivity index (χ0v) is 15.0. The summed E-state index contributed by atoms with van der Waals surface area (Å²) in [5.74, 6) is 0.888. The fourth-order valence-corrected chi connectivity index (χ4v) is 2.92. The summed E-state index contributed by atoms with van der Waals surface area (Å²) in [4.78, 5) is 4.05. The smallest absolute Gasteiger partial charge is 0.118 e. The van der Waals surface area contributed by atoms with Crippen LogP contribution in [-0.4, -0.2) is 27.7 Å². The number of phenolic OH excluding ortho intramolecular Hbond substituents is 1. The Kier molecular flexibility index (Phi) is 7.83. The highest BCUT2D eigenvalue weighted by Crippen LogP contribution is 2.24. The van der Waals surface area contributed by atoms with E-state index in [0.29, 0.717) is 11.7 Å². The van der Waals surface area contributed by atoms with E-state index >= 15 is 0 Å². The van der Waals surface area contributed by atoms with Crippen molar-refractivity contribution in [3.8, 4) is 5.75 Å². The molecule has 2 aromatic rings. The maximum Gasteiger partial charge on any atom is 0.118 e. The summed E-state index contributed by atoms with van der Waals surface area (Å²) < 4.78 is 2.10. The van der Waals surface area contributed by atoms with Crippen LogP contribution < -0.4 is 5.32 Å². The minimum absolute atomic E-state index is 0.440. The van der Waals surface area contributed by atoms with Gasteiger partial charge in [-0.05, 0) is 48.9 Å². The number of imidazole rings is 1. The van der Waals surface area contributed by atoms with Gasteiger partial charge in [-0.3, -0.25) is 0 Å². The van der Waals surface area contributed by atoms with Gasteiger partial charge in [-0.15, -0.1) is 0 Å². The summed E-state index contributed by atoms with van der Waals surface area (Å²) in [6.45, 7) is 7.41. The van der Waals surface area contributed by atoms with Gasteiger partial charge in [0.1, 0.15) is 5.75 Å². The Bertz CT molecular complexity index is 581. The molecule has 132 valence electrons. The van der Waals surface area contributed by atoms with Gasteiger partial charge in [-0.25, -0.2) is 4.98 Å². The lowest BCUT2D eigenvalue weighted by atomic mass is 9.96. The second-order valence-corrected chi connectivity index (χ2v) is 6.60. The van der Waals surface area contributed by atoms with Gasteiger partial charge in [-0.1, -0.05) is 38.8 Å². The molecule has 0 radical (unpaired) electrons. The van der Waals surface area contributed by atoms with E-state index in [-0.39, 0.29) is 0 Å². The van der Waals surface area contributed by atoms with Gasteiger partial charge in [0, 0.05) is 25.5 Å². The van der Waals surface area contributed by atoms with Crippen molar-refractivity contribution in [2.24, 2.45) is 0 Å². The molecule has 1 unspecified atom stereocenters. The van der Waals surface area contributed by atoms with Gasteiger partial charge in [0.05, 0.1) is 6.33 Å². The van der Waals surface area contributed by atoms with Gasteiger partial charge < -0.3 is 15.0 Å². The Labute approximate surface area is 145 Å². The number of phenols is 1. The van der Waals surface area contributed by atoms with Crippen molar-refractivity contribution < 1.29 is 5.11 Å². The van der Waals surface area contributed by atoms with Crippen LogP contribution in [0.4, 0.5) is 0 Å². The van der Waals surface area contributed by atoms with Gasteiger partial charge >= 0.3 is 0 Å². The van der Waals surface area contributed by atoms with Crippen LogP contribution in [0, 0.1) is 0 Å². The summed E-state index contributed by atoms with van der Waals surface area (Å²) in [7, 11) is 0. The lowest BCUT2D eigenvalue weighted by Crippen LogP contribution is -2.22. The molecule has 1 heterocycles. The topological polar surface area (TPSA) is 50.1 Å². The first kappa shape index (κ1) is 18.5. The van der Waals surface area contributed by atoms with Crippen LogP contribution in [-0.2, 0) is 13.0 Å². The molecule has 24 heavy (non-hydrogen) atoms. The minimum Gasteiger partial charge on any atom is -0.508 e. The number of nitrogens with one attached hydrogen (secondary N) is 1. The maximum atomic E-state index is 10.0. The molecule has 0 aliphatic rings. The highest BCUT2D eigenvalue weighted by molar-refractivity contribution is 5.37. The fourth-order valence-electron chi connectivity index (χ4n) is 2.92. The van der Waals surface area contributed by atoms with Gasteiger partial charge in [0.25, 0.3) is 0 Å². The van der Waals surface area contributed by atoms with Gasteiger partial charge in [0.15, 0.2) is 0 Å². The molecule has 4 nitrogen and oxygen atoms in total. The molecule has 2 rings (SSSR count). The van der Waals surface area contributed by atoms with Crippen molar-refractivity contribution >= 4 is 0 Å². The first-order valence-electron chi connectivity index (χ1n) is 9.19. The molecular formula is C20H31N3O. The summed E-state index contributed by atoms with van der Waals surface area (Å²) in [5, 5.41) is 13.6. The van der Waals surface area contributed by atoms with Crippen LogP contribution in [0.3, 0.4) is 0 Å². The van der Waals surface area contributed by atoms with Crippen molar-refractivity contribution in [2.75, 3.05) is 13.1 Å². The average Bonchev–Trinajstić information content (AvgIpc) is 3.09. The Morgan fingerprint density at radius 3 is 2.88 bits per heavy atom. The van der Waals surface area contributed by atoms with Crippen LogP contribution in [0.1, 0.15) is 56.6 Å². The van der Waals surface area contributed by atoms with Crippen molar-refractivity contribution in [1.82, 2.24) is 14.9 Å². The first-order chi connectivity index (χ1) is 11.7. The normalized spacial score (nSPS) is 12.4. The summed E-state index contributed by atoms with van der Waals surface area (Å²) in [5.41, 5.74) is 2.40. The van der Waals surface area contributed by atoms with Crippen molar-refractivity contribution in [3.05, 3.63) is 48.0 Å². The first-order valence-corrected chi connectivity index (χ1v) is 9.19. The SMILES string of the molecule is CCCCCc1cc(C(C)CNCCCn2ccnc2)ccc1O. The Morgan fingerprint density at radius 1 is 1.25 bits per heavy atom. The van der Waals surface area contributed by atoms with Crippen LogP contribution >= 0.6 is 0 Å². The third-order valence-electron chi connectivity index (χ3n) is 4.50. The number of aryl methyl sites for hydroxylation is 2. The monoisotopic (exact) mass is 329 g/mol. The van der Waals surface area contributed by atoms with Crippen molar-refractivity contribution in [3.63, 3.8) is 0 Å². The quantitative estimate of drug-likeness (QED) is 0.610. The second kappa shape index (κ2) is 10.1. The largest absolute Gasteiger partial charge is 0.508 e. The predicted molar refractivity (Wildman–Crippen MR) is 99.5 cm³/mol. The van der Waals surface area contributed by atoms with Crippen LogP contribution in [0.15, 0.2) is 36.9 Å². The highest BCUT2D eigenvalue weighted by Gasteiger charge is 2.09. The number of aromatic hydroxyl groups is 1. The van der Waals surface area contributed by atoms with E-state index in [1.165, 1.54) is 18.4 Å². The molecule has 2 N–H and O–H groups in total. The minimum atomic E-state index is 0.440. The molecule has 1 aromatic heterocycles. The van der Waals surface area contributed by atoms with E-state index in [9.17, 15) is 5.11 Å². The van der Waals surface area contributed by atoms with Crippen LogP contribution in [0.5, 0.6) is 5.75 Å². The van der Waals surface area contributed by atoms with E-state index in [0.717, 1.165) is 44.5 Å². The third-order valence-corrected chi connectivity index (χ3v) is 4.50. The number of aromatic nitrogens is 2. The van der Waals surface area contributed by atoms with E-state index in [2.05, 4.69) is 40.8 Å². The Balaban J connectivity index is 1.74. The average molecular weight is 329 g/mol. The molecule has 1 atom stereocenters. The van der Waals surface area contributed by atoms with Crippen LogP contribution in [0.25, 0.3) is 0 Å². The Hall–Kier alpha value is -1.81. The van der Waals surface area contributed by atoms with Gasteiger partial charge in [-0.2, -0.15) is 0 Å². The van der Waals surface area contributed by atoms with Crippen molar-refractivity contribution in [1.29, 1.82) is 0 Å². The molecule has 0 spiro atoms. The zero-order valence-electron chi connectivity index (χ0n) is 15.0. The number of hydrogen-bond donors (Lipinski definition) is 2. The summed E-state index contributed by atoms with van der Waals surface area (Å²) in [6, 6.07) is 6.09. The molecule has 0 aliphatic heterocycles. The van der Waals surface area contributed by atoms with E-state index in [1.54, 1.807) is 0 Å². The number of benzene rings is 1. The zero-order chi connectivity index (χ0) is 17.2. The molecule has 0 saturated heterocycles. The van der Waals surface area contributed by atoms with E-state index in [4.69, 9.17) is 0 Å². The summed E-state index contributed by atoms with van der Waals surface area (Å²) in [6.07, 6.45) is 11.3. The lowest BCUT2D eigenvalue weighted by Gasteiger charge is -2.15. The third kappa shape index (κ3) is 6.00.